The summed E-state index contributed by atoms with van der Waals surface area (Å²) in [5.41, 5.74) is 3.13. The highest BCUT2D eigenvalue weighted by atomic mass is 127. The molecule has 0 bridgehead atoms. The van der Waals surface area contributed by atoms with Crippen LogP contribution in [0.3, 0.4) is 0 Å². The van der Waals surface area contributed by atoms with Gasteiger partial charge in [-0.15, -0.1) is 24.0 Å². The quantitative estimate of drug-likeness (QED) is 0.280. The van der Waals surface area contributed by atoms with Gasteiger partial charge < -0.3 is 20.0 Å². The van der Waals surface area contributed by atoms with Gasteiger partial charge in [0.1, 0.15) is 11.3 Å². The zero-order valence-corrected chi connectivity index (χ0v) is 20.0. The molecule has 0 unspecified atom stereocenters. The monoisotopic (exact) mass is 520 g/mol. The molecule has 1 aromatic heterocycles. The standard InChI is InChI=1S/C23H28N4O2.HI/c1-17-19-11-7-8-12-20(19)29-21(17)15-26-23(24-2)25-14-13-22(28)27(3)16-18-9-5-4-6-10-18;/h4-12H,13-16H2,1-3H3,(H2,24,25,26);1H. The Kier molecular flexibility index (Phi) is 9.16. The van der Waals surface area contributed by atoms with Crippen molar-refractivity contribution in [1.82, 2.24) is 15.5 Å². The van der Waals surface area contributed by atoms with E-state index in [2.05, 4.69) is 28.6 Å². The number of halogens is 1. The van der Waals surface area contributed by atoms with Crippen LogP contribution in [0.1, 0.15) is 23.3 Å². The number of aryl methyl sites for hydroxylation is 1. The molecule has 160 valence electrons. The number of nitrogens with one attached hydrogen (secondary N) is 2. The van der Waals surface area contributed by atoms with Crippen LogP contribution in [0.2, 0.25) is 0 Å². The van der Waals surface area contributed by atoms with E-state index in [4.69, 9.17) is 4.42 Å². The Morgan fingerprint density at radius 1 is 1.07 bits per heavy atom. The molecule has 0 saturated heterocycles. The zero-order chi connectivity index (χ0) is 20.6. The topological polar surface area (TPSA) is 69.9 Å². The molecule has 3 aromatic rings. The molecule has 1 amide bonds. The molecule has 1 heterocycles. The van der Waals surface area contributed by atoms with E-state index < -0.39 is 0 Å². The van der Waals surface area contributed by atoms with Gasteiger partial charge in [0.2, 0.25) is 5.91 Å². The van der Waals surface area contributed by atoms with Crippen LogP contribution in [-0.4, -0.2) is 37.4 Å². The van der Waals surface area contributed by atoms with Gasteiger partial charge in [-0.25, -0.2) is 0 Å². The summed E-state index contributed by atoms with van der Waals surface area (Å²) in [5.74, 6) is 1.61. The highest BCUT2D eigenvalue weighted by molar-refractivity contribution is 14.0. The summed E-state index contributed by atoms with van der Waals surface area (Å²) in [6, 6.07) is 18.0. The number of hydrogen-bond acceptors (Lipinski definition) is 3. The van der Waals surface area contributed by atoms with Crippen molar-refractivity contribution in [2.75, 3.05) is 20.6 Å². The van der Waals surface area contributed by atoms with Crippen molar-refractivity contribution < 1.29 is 9.21 Å². The number of nitrogens with zero attached hydrogens (tertiary/aromatic N) is 2. The lowest BCUT2D eigenvalue weighted by Gasteiger charge is -2.18. The molecule has 0 saturated carbocycles. The fraction of sp³-hybridized carbons (Fsp3) is 0.304. The smallest absolute Gasteiger partial charge is 0.224 e. The van der Waals surface area contributed by atoms with Gasteiger partial charge in [0.25, 0.3) is 0 Å². The number of carbonyl (C=O) groups excluding carboxylic acids is 1. The van der Waals surface area contributed by atoms with E-state index in [0.717, 1.165) is 27.9 Å². The first-order valence-corrected chi connectivity index (χ1v) is 9.78. The van der Waals surface area contributed by atoms with Crippen molar-refractivity contribution >= 4 is 46.8 Å². The number of aliphatic imine (C=N–C) groups is 1. The Balaban J connectivity index is 0.00000320. The first kappa shape index (κ1) is 23.7. The SMILES string of the molecule is CN=C(NCCC(=O)N(C)Cc1ccccc1)NCc1oc2ccccc2c1C.I. The second kappa shape index (κ2) is 11.6. The van der Waals surface area contributed by atoms with Crippen LogP contribution >= 0.6 is 24.0 Å². The van der Waals surface area contributed by atoms with Gasteiger partial charge in [0, 0.05) is 44.6 Å². The molecule has 2 N–H and O–H groups in total. The number of guanidine groups is 1. The predicted molar refractivity (Wildman–Crippen MR) is 132 cm³/mol. The molecular weight excluding hydrogens is 491 g/mol. The summed E-state index contributed by atoms with van der Waals surface area (Å²) >= 11 is 0. The Labute approximate surface area is 194 Å². The van der Waals surface area contributed by atoms with Crippen molar-refractivity contribution in [1.29, 1.82) is 0 Å². The maximum absolute atomic E-state index is 12.4. The maximum Gasteiger partial charge on any atom is 0.224 e. The van der Waals surface area contributed by atoms with E-state index in [0.29, 0.717) is 32.0 Å². The second-order valence-electron chi connectivity index (χ2n) is 6.98. The number of para-hydroxylation sites is 1. The van der Waals surface area contributed by atoms with E-state index >= 15 is 0 Å². The average molecular weight is 520 g/mol. The highest BCUT2D eigenvalue weighted by Gasteiger charge is 2.12. The molecule has 3 rings (SSSR count). The van der Waals surface area contributed by atoms with Crippen LogP contribution in [0.5, 0.6) is 0 Å². The van der Waals surface area contributed by atoms with Crippen molar-refractivity contribution in [3.05, 3.63) is 71.5 Å². The van der Waals surface area contributed by atoms with E-state index in [1.807, 2.05) is 55.6 Å². The third-order valence-corrected chi connectivity index (χ3v) is 4.90. The van der Waals surface area contributed by atoms with Gasteiger partial charge in [-0.3, -0.25) is 9.79 Å². The molecule has 7 heteroatoms. The van der Waals surface area contributed by atoms with Crippen LogP contribution in [-0.2, 0) is 17.9 Å². The molecule has 0 radical (unpaired) electrons. The lowest BCUT2D eigenvalue weighted by Crippen LogP contribution is -2.39. The van der Waals surface area contributed by atoms with Gasteiger partial charge >= 0.3 is 0 Å². The van der Waals surface area contributed by atoms with Crippen LogP contribution in [0.4, 0.5) is 0 Å². The fourth-order valence-electron chi connectivity index (χ4n) is 3.20. The molecule has 0 aliphatic rings. The second-order valence-corrected chi connectivity index (χ2v) is 6.98. The Morgan fingerprint density at radius 3 is 2.47 bits per heavy atom. The molecule has 6 nitrogen and oxygen atoms in total. The predicted octanol–water partition coefficient (Wildman–Crippen LogP) is 4.07. The number of fused-ring (bicyclic) bond motifs is 1. The van der Waals surface area contributed by atoms with Crippen LogP contribution in [0, 0.1) is 6.92 Å². The molecule has 0 aliphatic heterocycles. The number of furan rings is 1. The molecule has 0 fully saturated rings. The van der Waals surface area contributed by atoms with Gasteiger partial charge in [0.15, 0.2) is 5.96 Å². The lowest BCUT2D eigenvalue weighted by atomic mass is 10.1. The Morgan fingerprint density at radius 2 is 1.77 bits per heavy atom. The minimum atomic E-state index is 0. The summed E-state index contributed by atoms with van der Waals surface area (Å²) in [4.78, 5) is 18.3. The van der Waals surface area contributed by atoms with Crippen LogP contribution in [0.15, 0.2) is 64.0 Å². The molecule has 2 aromatic carbocycles. The largest absolute Gasteiger partial charge is 0.459 e. The number of rotatable bonds is 7. The summed E-state index contributed by atoms with van der Waals surface area (Å²) < 4.78 is 5.92. The fourth-order valence-corrected chi connectivity index (χ4v) is 3.20. The lowest BCUT2D eigenvalue weighted by molar-refractivity contribution is -0.130. The molecule has 0 spiro atoms. The van der Waals surface area contributed by atoms with E-state index in [-0.39, 0.29) is 29.9 Å². The Hall–Kier alpha value is -2.55. The normalized spacial score (nSPS) is 11.1. The first-order chi connectivity index (χ1) is 14.1. The highest BCUT2D eigenvalue weighted by Crippen LogP contribution is 2.24. The number of carbonyl (C=O) groups is 1. The molecule has 30 heavy (non-hydrogen) atoms. The number of amides is 1. The summed E-state index contributed by atoms with van der Waals surface area (Å²) in [7, 11) is 3.54. The van der Waals surface area contributed by atoms with E-state index in [1.54, 1.807) is 11.9 Å². The van der Waals surface area contributed by atoms with Gasteiger partial charge in [-0.2, -0.15) is 0 Å². The third-order valence-electron chi connectivity index (χ3n) is 4.90. The van der Waals surface area contributed by atoms with E-state index in [9.17, 15) is 4.79 Å². The molecule has 0 aliphatic carbocycles. The van der Waals surface area contributed by atoms with Crippen molar-refractivity contribution in [3.63, 3.8) is 0 Å². The number of hydrogen-bond donors (Lipinski definition) is 2. The average Bonchev–Trinajstić information content (AvgIpc) is 3.07. The zero-order valence-electron chi connectivity index (χ0n) is 17.6. The first-order valence-electron chi connectivity index (χ1n) is 9.78. The van der Waals surface area contributed by atoms with Crippen molar-refractivity contribution in [2.45, 2.75) is 26.4 Å². The van der Waals surface area contributed by atoms with Crippen LogP contribution in [0.25, 0.3) is 11.0 Å². The van der Waals surface area contributed by atoms with Crippen molar-refractivity contribution in [2.24, 2.45) is 4.99 Å². The summed E-state index contributed by atoms with van der Waals surface area (Å²) in [5, 5.41) is 7.57. The van der Waals surface area contributed by atoms with Gasteiger partial charge in [0.05, 0.1) is 6.54 Å². The van der Waals surface area contributed by atoms with E-state index in [1.165, 1.54) is 0 Å². The van der Waals surface area contributed by atoms with Crippen molar-refractivity contribution in [3.8, 4) is 0 Å². The third kappa shape index (κ3) is 6.22. The van der Waals surface area contributed by atoms with Gasteiger partial charge in [-0.05, 0) is 18.6 Å². The molecule has 0 atom stereocenters. The molecular formula is C23H29IN4O2. The number of benzene rings is 2. The summed E-state index contributed by atoms with van der Waals surface area (Å²) in [6.07, 6.45) is 0.397. The summed E-state index contributed by atoms with van der Waals surface area (Å²) in [6.45, 7) is 3.71. The minimum Gasteiger partial charge on any atom is -0.459 e. The minimum absolute atomic E-state index is 0. The Bertz CT molecular complexity index is 985. The maximum atomic E-state index is 12.4. The van der Waals surface area contributed by atoms with Crippen LogP contribution < -0.4 is 10.6 Å². The van der Waals surface area contributed by atoms with Gasteiger partial charge in [-0.1, -0.05) is 48.5 Å².